The van der Waals surface area contributed by atoms with Gasteiger partial charge in [-0.05, 0) is 64.6 Å². The van der Waals surface area contributed by atoms with Crippen LogP contribution < -0.4 is 4.57 Å². The second-order valence-electron chi connectivity index (χ2n) is 10.6. The van der Waals surface area contributed by atoms with Crippen molar-refractivity contribution in [3.8, 4) is 11.3 Å². The largest absolute Gasteiger partial charge is 0.394 e. The zero-order chi connectivity index (χ0) is 25.6. The van der Waals surface area contributed by atoms with Gasteiger partial charge in [0.05, 0.1) is 16.4 Å². The molecule has 0 unspecified atom stereocenters. The number of nitrogens with zero attached hydrogens (tertiary/aromatic N) is 1. The second-order valence-corrected chi connectivity index (χ2v) is 11.7. The Labute approximate surface area is 212 Å². The number of fused-ring (bicyclic) bond motifs is 5. The number of halogens is 3. The highest BCUT2D eigenvalue weighted by molar-refractivity contribution is 8.00. The van der Waals surface area contributed by atoms with Crippen LogP contribution in [0.5, 0.6) is 0 Å². The van der Waals surface area contributed by atoms with Crippen LogP contribution in [0.15, 0.2) is 70.6 Å². The third kappa shape index (κ3) is 3.21. The highest BCUT2D eigenvalue weighted by atomic mass is 32.2. The van der Waals surface area contributed by atoms with E-state index in [0.29, 0.717) is 0 Å². The van der Waals surface area contributed by atoms with Gasteiger partial charge in [0.2, 0.25) is 5.69 Å². The molecule has 0 saturated heterocycles. The standard InChI is InChI=1S/C31H27F3NS/c1-17-20-10-6-7-11-21(20)18(2)29-26(17)28-27-23(13-14-35(28)5)22-12-8-9-19(24(22)15-25(27)36-29)16-30(3,4)31(32,33)34/h6-15H,16H2,1-5H3/q+1. The normalized spacial score (nSPS) is 13.6. The van der Waals surface area contributed by atoms with E-state index in [-0.39, 0.29) is 6.42 Å². The van der Waals surface area contributed by atoms with Crippen LogP contribution in [0.3, 0.4) is 0 Å². The molecule has 5 aromatic rings. The first kappa shape index (κ1) is 23.4. The van der Waals surface area contributed by atoms with Gasteiger partial charge >= 0.3 is 6.18 Å². The molecule has 0 spiro atoms. The molecule has 2 heterocycles. The number of rotatable bonds is 2. The van der Waals surface area contributed by atoms with Gasteiger partial charge in [0.25, 0.3) is 0 Å². The molecule has 0 saturated carbocycles. The number of hydrogen-bond acceptors (Lipinski definition) is 1. The van der Waals surface area contributed by atoms with Crippen molar-refractivity contribution in [2.75, 3.05) is 0 Å². The van der Waals surface area contributed by atoms with E-state index in [0.717, 1.165) is 26.6 Å². The summed E-state index contributed by atoms with van der Waals surface area (Å²) in [6, 6.07) is 18.5. The topological polar surface area (TPSA) is 3.88 Å². The average molecular weight is 503 g/mol. The van der Waals surface area contributed by atoms with Crippen molar-refractivity contribution >= 4 is 44.1 Å². The Kier molecular flexibility index (Phi) is 5.01. The van der Waals surface area contributed by atoms with E-state index in [1.807, 2.05) is 18.2 Å². The molecule has 1 aliphatic heterocycles. The summed E-state index contributed by atoms with van der Waals surface area (Å²) >= 11 is 1.75. The van der Waals surface area contributed by atoms with Crippen molar-refractivity contribution in [2.24, 2.45) is 12.5 Å². The van der Waals surface area contributed by atoms with Crippen LogP contribution >= 0.6 is 11.8 Å². The van der Waals surface area contributed by atoms with Gasteiger partial charge < -0.3 is 0 Å². The maximum Gasteiger partial charge on any atom is 0.394 e. The molecular formula is C31H27F3NS+. The van der Waals surface area contributed by atoms with Crippen LogP contribution in [0.2, 0.25) is 0 Å². The molecule has 36 heavy (non-hydrogen) atoms. The first-order valence-corrected chi connectivity index (χ1v) is 12.9. The summed E-state index contributed by atoms with van der Waals surface area (Å²) in [6.07, 6.45) is -2.25. The molecule has 6 rings (SSSR count). The van der Waals surface area contributed by atoms with E-state index in [9.17, 15) is 13.2 Å². The number of aryl methyl sites for hydroxylation is 3. The number of aromatic nitrogens is 1. The van der Waals surface area contributed by atoms with Gasteiger partial charge in [-0.2, -0.15) is 13.2 Å². The zero-order valence-corrected chi connectivity index (χ0v) is 21.8. The van der Waals surface area contributed by atoms with E-state index in [2.05, 4.69) is 68.1 Å². The monoisotopic (exact) mass is 502 g/mol. The molecule has 0 N–H and O–H groups in total. The lowest BCUT2D eigenvalue weighted by atomic mass is 9.83. The van der Waals surface area contributed by atoms with Gasteiger partial charge in [-0.25, -0.2) is 4.57 Å². The van der Waals surface area contributed by atoms with Crippen molar-refractivity contribution in [3.63, 3.8) is 0 Å². The molecule has 0 aliphatic carbocycles. The van der Waals surface area contributed by atoms with Crippen molar-refractivity contribution < 1.29 is 17.7 Å². The van der Waals surface area contributed by atoms with Gasteiger partial charge in [0.15, 0.2) is 6.20 Å². The van der Waals surface area contributed by atoms with Crippen LogP contribution in [-0.4, -0.2) is 6.18 Å². The second kappa shape index (κ2) is 7.72. The van der Waals surface area contributed by atoms with Gasteiger partial charge in [0.1, 0.15) is 7.05 Å². The number of pyridine rings is 1. The smallest absolute Gasteiger partial charge is 0.200 e. The number of alkyl halides is 3. The van der Waals surface area contributed by atoms with Crippen LogP contribution in [0, 0.1) is 19.3 Å². The van der Waals surface area contributed by atoms with Crippen LogP contribution in [0.1, 0.15) is 30.5 Å². The Morgan fingerprint density at radius 1 is 0.806 bits per heavy atom. The SMILES string of the molecule is Cc1c2c(c(C)c3ccccc13)-c1c3c(cc4c(CC(C)(C)C(F)(F)F)cccc4c3cc[n+]1C)S2. The Hall–Kier alpha value is -3.05. The highest BCUT2D eigenvalue weighted by Gasteiger charge is 2.47. The summed E-state index contributed by atoms with van der Waals surface area (Å²) in [5.41, 5.74) is 3.85. The van der Waals surface area contributed by atoms with E-state index in [1.165, 1.54) is 57.3 Å². The predicted octanol–water partition coefficient (Wildman–Crippen LogP) is 8.85. The third-order valence-corrected chi connectivity index (χ3v) is 9.11. The molecule has 0 atom stereocenters. The Morgan fingerprint density at radius 2 is 1.47 bits per heavy atom. The van der Waals surface area contributed by atoms with E-state index < -0.39 is 11.6 Å². The Balaban J connectivity index is 1.70. The van der Waals surface area contributed by atoms with Crippen molar-refractivity contribution in [3.05, 3.63) is 77.5 Å². The van der Waals surface area contributed by atoms with Crippen LogP contribution in [-0.2, 0) is 13.5 Å². The summed E-state index contributed by atoms with van der Waals surface area (Å²) in [6.45, 7) is 6.95. The summed E-state index contributed by atoms with van der Waals surface area (Å²) in [7, 11) is 2.08. The summed E-state index contributed by atoms with van der Waals surface area (Å²) < 4.78 is 43.6. The van der Waals surface area contributed by atoms with E-state index >= 15 is 0 Å². The molecule has 1 nitrogen and oxygen atoms in total. The Morgan fingerprint density at radius 3 is 2.17 bits per heavy atom. The summed E-state index contributed by atoms with van der Waals surface area (Å²) in [5, 5.41) is 6.68. The quantitative estimate of drug-likeness (QED) is 0.169. The van der Waals surface area contributed by atoms with Gasteiger partial charge in [-0.15, -0.1) is 0 Å². The minimum Gasteiger partial charge on any atom is -0.200 e. The lowest BCUT2D eigenvalue weighted by Crippen LogP contribution is -2.34. The molecule has 1 aromatic heterocycles. The maximum atomic E-state index is 13.8. The van der Waals surface area contributed by atoms with Gasteiger partial charge in [0, 0.05) is 21.2 Å². The van der Waals surface area contributed by atoms with Gasteiger partial charge in [-0.3, -0.25) is 0 Å². The minimum atomic E-state index is -4.27. The highest BCUT2D eigenvalue weighted by Crippen LogP contribution is 2.53. The molecule has 5 heteroatoms. The molecular weight excluding hydrogens is 475 g/mol. The first-order chi connectivity index (χ1) is 17.0. The number of benzene rings is 4. The predicted molar refractivity (Wildman–Crippen MR) is 143 cm³/mol. The van der Waals surface area contributed by atoms with E-state index in [4.69, 9.17) is 0 Å². The molecule has 0 amide bonds. The average Bonchev–Trinajstić information content (AvgIpc) is 2.83. The Bertz CT molecular complexity index is 1730. The lowest BCUT2D eigenvalue weighted by Gasteiger charge is -2.29. The molecule has 1 aliphatic rings. The third-order valence-electron chi connectivity index (χ3n) is 7.86. The molecule has 4 aromatic carbocycles. The fraction of sp³-hybridized carbons (Fsp3) is 0.258. The van der Waals surface area contributed by atoms with E-state index in [1.54, 1.807) is 11.8 Å². The molecule has 182 valence electrons. The van der Waals surface area contributed by atoms with Crippen molar-refractivity contribution in [2.45, 2.75) is 50.1 Å². The summed E-state index contributed by atoms with van der Waals surface area (Å²) in [5.74, 6) is 0. The van der Waals surface area contributed by atoms with Gasteiger partial charge in [-0.1, -0.05) is 68.1 Å². The zero-order valence-electron chi connectivity index (χ0n) is 21.0. The summed E-state index contributed by atoms with van der Waals surface area (Å²) in [4.78, 5) is 2.33. The lowest BCUT2D eigenvalue weighted by molar-refractivity contribution is -0.659. The maximum absolute atomic E-state index is 13.8. The molecule has 0 radical (unpaired) electrons. The number of hydrogen-bond donors (Lipinski definition) is 0. The van der Waals surface area contributed by atoms with Crippen LogP contribution in [0.25, 0.3) is 43.6 Å². The first-order valence-electron chi connectivity index (χ1n) is 12.1. The molecule has 0 bridgehead atoms. The van der Waals surface area contributed by atoms with Crippen molar-refractivity contribution in [1.82, 2.24) is 0 Å². The fourth-order valence-electron chi connectivity index (χ4n) is 5.73. The molecule has 0 fully saturated rings. The van der Waals surface area contributed by atoms with Crippen molar-refractivity contribution in [1.29, 1.82) is 0 Å². The minimum absolute atomic E-state index is 0.0592. The fourth-order valence-corrected chi connectivity index (χ4v) is 7.05. The van der Waals surface area contributed by atoms with Crippen LogP contribution in [0.4, 0.5) is 13.2 Å².